The van der Waals surface area contributed by atoms with Gasteiger partial charge in [-0.3, -0.25) is 5.10 Å². The van der Waals surface area contributed by atoms with Crippen LogP contribution in [0.3, 0.4) is 0 Å². The molecule has 2 rings (SSSR count). The lowest BCUT2D eigenvalue weighted by Gasteiger charge is -1.98. The predicted octanol–water partition coefficient (Wildman–Crippen LogP) is 1.47. The molecule has 0 spiro atoms. The molecule has 2 aromatic heterocycles. The van der Waals surface area contributed by atoms with Crippen LogP contribution in [0.15, 0.2) is 12.1 Å². The van der Waals surface area contributed by atoms with Gasteiger partial charge in [-0.2, -0.15) is 5.10 Å². The number of H-pyrrole nitrogens is 1. The number of thiophene rings is 1. The summed E-state index contributed by atoms with van der Waals surface area (Å²) in [6, 6.07) is 4.03. The van der Waals surface area contributed by atoms with E-state index in [4.69, 9.17) is 4.74 Å². The van der Waals surface area contributed by atoms with Crippen molar-refractivity contribution in [1.29, 1.82) is 0 Å². The van der Waals surface area contributed by atoms with E-state index in [2.05, 4.69) is 26.6 Å². The van der Waals surface area contributed by atoms with Gasteiger partial charge in [-0.05, 0) is 19.1 Å². The number of rotatable bonds is 5. The monoisotopic (exact) mass is 238 g/mol. The molecule has 0 unspecified atom stereocenters. The molecular weight excluding hydrogens is 224 g/mol. The number of nitrogens with zero attached hydrogens (tertiary/aromatic N) is 2. The number of hydrogen-bond donors (Lipinski definition) is 2. The van der Waals surface area contributed by atoms with Crippen molar-refractivity contribution in [3.8, 4) is 5.06 Å². The second kappa shape index (κ2) is 5.09. The Kier molecular flexibility index (Phi) is 3.53. The highest BCUT2D eigenvalue weighted by Gasteiger charge is 2.01. The Morgan fingerprint density at radius 3 is 2.94 bits per heavy atom. The normalized spacial score (nSPS) is 10.6. The first-order valence-corrected chi connectivity index (χ1v) is 5.81. The quantitative estimate of drug-likeness (QED) is 0.828. The van der Waals surface area contributed by atoms with Crippen LogP contribution in [-0.2, 0) is 13.1 Å². The van der Waals surface area contributed by atoms with Crippen LogP contribution in [0.4, 0.5) is 0 Å². The molecule has 0 saturated heterocycles. The Morgan fingerprint density at radius 2 is 2.31 bits per heavy atom. The van der Waals surface area contributed by atoms with Crippen LogP contribution in [0.25, 0.3) is 0 Å². The summed E-state index contributed by atoms with van der Waals surface area (Å²) in [4.78, 5) is 5.45. The average Bonchev–Trinajstić information content (AvgIpc) is 2.88. The summed E-state index contributed by atoms with van der Waals surface area (Å²) in [5.74, 6) is 1.63. The molecule has 2 aromatic rings. The van der Waals surface area contributed by atoms with E-state index >= 15 is 0 Å². The van der Waals surface area contributed by atoms with Gasteiger partial charge in [0.15, 0.2) is 10.9 Å². The lowest BCUT2D eigenvalue weighted by Crippen LogP contribution is -2.12. The minimum absolute atomic E-state index is 0.671. The smallest absolute Gasteiger partial charge is 0.173 e. The summed E-state index contributed by atoms with van der Waals surface area (Å²) in [7, 11) is 1.68. The Hall–Kier alpha value is -1.40. The van der Waals surface area contributed by atoms with Gasteiger partial charge in [-0.1, -0.05) is 0 Å². The van der Waals surface area contributed by atoms with Gasteiger partial charge in [0.05, 0.1) is 13.7 Å². The number of aryl methyl sites for hydroxylation is 1. The van der Waals surface area contributed by atoms with E-state index in [0.29, 0.717) is 6.54 Å². The van der Waals surface area contributed by atoms with Crippen molar-refractivity contribution in [2.24, 2.45) is 0 Å². The third kappa shape index (κ3) is 2.80. The Labute approximate surface area is 97.9 Å². The van der Waals surface area contributed by atoms with E-state index in [1.807, 2.05) is 13.0 Å². The fraction of sp³-hybridized carbons (Fsp3) is 0.400. The zero-order chi connectivity index (χ0) is 11.4. The van der Waals surface area contributed by atoms with Crippen molar-refractivity contribution in [2.45, 2.75) is 20.0 Å². The summed E-state index contributed by atoms with van der Waals surface area (Å²) in [6.45, 7) is 3.37. The highest BCUT2D eigenvalue weighted by molar-refractivity contribution is 7.13. The van der Waals surface area contributed by atoms with E-state index in [0.717, 1.165) is 23.3 Å². The molecule has 0 radical (unpaired) electrons. The van der Waals surface area contributed by atoms with Gasteiger partial charge in [-0.25, -0.2) is 4.98 Å². The maximum Gasteiger partial charge on any atom is 0.173 e. The van der Waals surface area contributed by atoms with Gasteiger partial charge < -0.3 is 10.1 Å². The molecule has 5 nitrogen and oxygen atoms in total. The lowest BCUT2D eigenvalue weighted by atomic mass is 10.4. The second-order valence-electron chi connectivity index (χ2n) is 3.37. The summed E-state index contributed by atoms with van der Waals surface area (Å²) < 4.78 is 5.12. The summed E-state index contributed by atoms with van der Waals surface area (Å²) in [6.07, 6.45) is 0. The van der Waals surface area contributed by atoms with Crippen LogP contribution < -0.4 is 10.1 Å². The Balaban J connectivity index is 1.79. The van der Waals surface area contributed by atoms with E-state index < -0.39 is 0 Å². The molecule has 86 valence electrons. The fourth-order valence-corrected chi connectivity index (χ4v) is 2.12. The second-order valence-corrected chi connectivity index (χ2v) is 4.50. The van der Waals surface area contributed by atoms with Crippen molar-refractivity contribution in [2.75, 3.05) is 7.11 Å². The third-order valence-electron chi connectivity index (χ3n) is 2.06. The highest BCUT2D eigenvalue weighted by atomic mass is 32.1. The van der Waals surface area contributed by atoms with E-state index in [-0.39, 0.29) is 0 Å². The van der Waals surface area contributed by atoms with Crippen LogP contribution in [-0.4, -0.2) is 22.3 Å². The molecule has 6 heteroatoms. The van der Waals surface area contributed by atoms with E-state index in [9.17, 15) is 0 Å². The van der Waals surface area contributed by atoms with Gasteiger partial charge in [0, 0.05) is 11.4 Å². The first-order valence-electron chi connectivity index (χ1n) is 4.99. The molecule has 16 heavy (non-hydrogen) atoms. The van der Waals surface area contributed by atoms with Gasteiger partial charge in [0.2, 0.25) is 0 Å². The van der Waals surface area contributed by atoms with Crippen LogP contribution in [0, 0.1) is 6.92 Å². The molecule has 0 aliphatic carbocycles. The number of hydrogen-bond acceptors (Lipinski definition) is 5. The minimum atomic E-state index is 0.671. The van der Waals surface area contributed by atoms with Crippen LogP contribution in [0.2, 0.25) is 0 Å². The van der Waals surface area contributed by atoms with Crippen molar-refractivity contribution in [3.05, 3.63) is 28.7 Å². The molecule has 2 N–H and O–H groups in total. The lowest BCUT2D eigenvalue weighted by molar-refractivity contribution is 0.427. The van der Waals surface area contributed by atoms with Crippen molar-refractivity contribution < 1.29 is 4.74 Å². The number of aromatic nitrogens is 3. The molecule has 0 atom stereocenters. The van der Waals surface area contributed by atoms with Crippen molar-refractivity contribution in [3.63, 3.8) is 0 Å². The average molecular weight is 238 g/mol. The van der Waals surface area contributed by atoms with Gasteiger partial charge >= 0.3 is 0 Å². The molecular formula is C10H14N4OS. The standard InChI is InChI=1S/C10H14N4OS/c1-7-12-9(14-13-7)6-11-5-8-3-4-10(15-2)16-8/h3-4,11H,5-6H2,1-2H3,(H,12,13,14). The highest BCUT2D eigenvalue weighted by Crippen LogP contribution is 2.23. The number of aromatic amines is 1. The molecule has 0 aliphatic heterocycles. The van der Waals surface area contributed by atoms with Crippen molar-refractivity contribution in [1.82, 2.24) is 20.5 Å². The van der Waals surface area contributed by atoms with Gasteiger partial charge in [0.1, 0.15) is 5.82 Å². The maximum absolute atomic E-state index is 5.12. The molecule has 0 aromatic carbocycles. The number of ether oxygens (including phenoxy) is 1. The molecule has 0 aliphatic rings. The first-order chi connectivity index (χ1) is 7.78. The number of nitrogens with one attached hydrogen (secondary N) is 2. The molecule has 2 heterocycles. The topological polar surface area (TPSA) is 62.8 Å². The van der Waals surface area contributed by atoms with E-state index in [1.165, 1.54) is 4.88 Å². The predicted molar refractivity (Wildman–Crippen MR) is 62.5 cm³/mol. The van der Waals surface area contributed by atoms with Gasteiger partial charge in [-0.15, -0.1) is 11.3 Å². The first kappa shape index (κ1) is 11.1. The zero-order valence-corrected chi connectivity index (χ0v) is 10.1. The summed E-state index contributed by atoms with van der Waals surface area (Å²) in [5, 5.41) is 11.1. The number of methoxy groups -OCH3 is 1. The largest absolute Gasteiger partial charge is 0.487 e. The SMILES string of the molecule is COc1ccc(CNCc2n[nH]c(C)n2)s1. The molecule has 0 saturated carbocycles. The minimum Gasteiger partial charge on any atom is -0.487 e. The van der Waals surface area contributed by atoms with Gasteiger partial charge in [0.25, 0.3) is 0 Å². The fourth-order valence-electron chi connectivity index (χ4n) is 1.33. The van der Waals surface area contributed by atoms with E-state index in [1.54, 1.807) is 18.4 Å². The molecule has 0 bridgehead atoms. The van der Waals surface area contributed by atoms with Crippen LogP contribution >= 0.6 is 11.3 Å². The molecule has 0 amide bonds. The van der Waals surface area contributed by atoms with Crippen molar-refractivity contribution >= 4 is 11.3 Å². The molecule has 0 fully saturated rings. The Morgan fingerprint density at radius 1 is 1.44 bits per heavy atom. The van der Waals surface area contributed by atoms with Crippen LogP contribution in [0.1, 0.15) is 16.5 Å². The Bertz CT molecular complexity index is 451. The third-order valence-corrected chi connectivity index (χ3v) is 3.11. The summed E-state index contributed by atoms with van der Waals surface area (Å²) in [5.41, 5.74) is 0. The zero-order valence-electron chi connectivity index (χ0n) is 9.28. The summed E-state index contributed by atoms with van der Waals surface area (Å²) >= 11 is 1.64. The van der Waals surface area contributed by atoms with Crippen LogP contribution in [0.5, 0.6) is 5.06 Å². The maximum atomic E-state index is 5.12.